The van der Waals surface area contributed by atoms with Crippen LogP contribution in [0.15, 0.2) is 18.2 Å². The highest BCUT2D eigenvalue weighted by Gasteiger charge is 2.44. The van der Waals surface area contributed by atoms with Gasteiger partial charge in [-0.3, -0.25) is 29.4 Å². The quantitative estimate of drug-likeness (QED) is 0.281. The molecule has 0 spiro atoms. The number of imide groups is 2. The molecular weight excluding hydrogens is 416 g/mol. The third kappa shape index (κ3) is 5.79. The van der Waals surface area contributed by atoms with Gasteiger partial charge < -0.3 is 14.3 Å². The van der Waals surface area contributed by atoms with Gasteiger partial charge in [-0.05, 0) is 56.7 Å². The fraction of sp³-hybridized carbons (Fsp3) is 0.522. The summed E-state index contributed by atoms with van der Waals surface area (Å²) in [6.07, 6.45) is 6.13. The maximum absolute atomic E-state index is 12.8. The number of aldehydes is 1. The molecule has 1 aromatic rings. The van der Waals surface area contributed by atoms with E-state index < -0.39 is 29.7 Å². The normalized spacial score (nSPS) is 18.0. The van der Waals surface area contributed by atoms with Gasteiger partial charge in [0.25, 0.3) is 11.8 Å². The first-order valence-electron chi connectivity index (χ1n) is 11.0. The van der Waals surface area contributed by atoms with Crippen LogP contribution in [0, 0.1) is 0 Å². The van der Waals surface area contributed by atoms with Gasteiger partial charge in [0.05, 0.1) is 17.7 Å². The van der Waals surface area contributed by atoms with Crippen LogP contribution in [-0.4, -0.2) is 60.7 Å². The van der Waals surface area contributed by atoms with E-state index in [0.717, 1.165) is 43.3 Å². The summed E-state index contributed by atoms with van der Waals surface area (Å²) in [7, 11) is 0. The highest BCUT2D eigenvalue weighted by molar-refractivity contribution is 6.23. The molecule has 9 nitrogen and oxygen atoms in total. The van der Waals surface area contributed by atoms with Crippen molar-refractivity contribution in [2.24, 2.45) is 0 Å². The number of nitrogens with one attached hydrogen (secondary N) is 1. The number of benzene rings is 1. The minimum Gasteiger partial charge on any atom is -0.494 e. The van der Waals surface area contributed by atoms with E-state index in [1.165, 1.54) is 12.1 Å². The topological polar surface area (TPSA) is 119 Å². The molecule has 0 aromatic heterocycles. The molecule has 1 saturated heterocycles. The number of amides is 4. The Labute approximate surface area is 186 Å². The van der Waals surface area contributed by atoms with Gasteiger partial charge >= 0.3 is 0 Å². The van der Waals surface area contributed by atoms with Crippen LogP contribution in [0.3, 0.4) is 0 Å². The zero-order valence-corrected chi connectivity index (χ0v) is 18.0. The van der Waals surface area contributed by atoms with Crippen molar-refractivity contribution in [3.05, 3.63) is 29.3 Å². The van der Waals surface area contributed by atoms with Crippen LogP contribution >= 0.6 is 0 Å². The molecule has 0 radical (unpaired) electrons. The summed E-state index contributed by atoms with van der Waals surface area (Å²) in [6.45, 7) is 1.81. The highest BCUT2D eigenvalue weighted by Crippen LogP contribution is 2.30. The Morgan fingerprint density at radius 2 is 1.66 bits per heavy atom. The molecule has 0 bridgehead atoms. The number of nitrogens with zero attached hydrogens (tertiary/aromatic N) is 1. The minimum atomic E-state index is -0.975. The molecule has 4 amide bonds. The number of unbranched alkanes of at least 4 members (excludes halogenated alkanes) is 4. The summed E-state index contributed by atoms with van der Waals surface area (Å²) >= 11 is 0. The van der Waals surface area contributed by atoms with E-state index in [1.54, 1.807) is 6.07 Å². The van der Waals surface area contributed by atoms with E-state index >= 15 is 0 Å². The van der Waals surface area contributed by atoms with Crippen LogP contribution in [-0.2, 0) is 19.1 Å². The van der Waals surface area contributed by atoms with Crippen molar-refractivity contribution < 1.29 is 33.4 Å². The third-order valence-electron chi connectivity index (χ3n) is 5.47. The Bertz CT molecular complexity index is 883. The SMILES string of the molecule is O=CCCCCOCCCCCOc1ccc2c(c1)C(=O)N(C1CCC(=O)NC1=O)C2=O. The average molecular weight is 444 g/mol. The second kappa shape index (κ2) is 11.5. The van der Waals surface area contributed by atoms with E-state index in [9.17, 15) is 24.0 Å². The Morgan fingerprint density at radius 3 is 2.41 bits per heavy atom. The van der Waals surface area contributed by atoms with Crippen molar-refractivity contribution in [1.82, 2.24) is 10.2 Å². The first-order chi connectivity index (χ1) is 15.5. The predicted octanol–water partition coefficient (Wildman–Crippen LogP) is 2.02. The van der Waals surface area contributed by atoms with Gasteiger partial charge in [-0.25, -0.2) is 0 Å². The van der Waals surface area contributed by atoms with Gasteiger partial charge in [0, 0.05) is 26.1 Å². The summed E-state index contributed by atoms with van der Waals surface area (Å²) < 4.78 is 11.2. The maximum atomic E-state index is 12.8. The fourth-order valence-electron chi connectivity index (χ4n) is 3.75. The van der Waals surface area contributed by atoms with Gasteiger partial charge in [-0.1, -0.05) is 0 Å². The van der Waals surface area contributed by atoms with Crippen molar-refractivity contribution >= 4 is 29.9 Å². The summed E-state index contributed by atoms with van der Waals surface area (Å²) in [6, 6.07) is 3.73. The number of rotatable bonds is 13. The van der Waals surface area contributed by atoms with E-state index in [4.69, 9.17) is 9.47 Å². The van der Waals surface area contributed by atoms with Crippen molar-refractivity contribution in [2.45, 2.75) is 57.4 Å². The predicted molar refractivity (Wildman–Crippen MR) is 113 cm³/mol. The van der Waals surface area contributed by atoms with Crippen molar-refractivity contribution in [2.75, 3.05) is 19.8 Å². The molecule has 0 saturated carbocycles. The molecule has 2 aliphatic heterocycles. The minimum absolute atomic E-state index is 0.0867. The van der Waals surface area contributed by atoms with Crippen LogP contribution in [0.2, 0.25) is 0 Å². The lowest BCUT2D eigenvalue weighted by Crippen LogP contribution is -2.54. The zero-order chi connectivity index (χ0) is 22.9. The van der Waals surface area contributed by atoms with E-state index in [1.807, 2.05) is 0 Å². The molecule has 1 unspecified atom stereocenters. The number of hydrogen-bond donors (Lipinski definition) is 1. The first kappa shape index (κ1) is 23.6. The number of ether oxygens (including phenoxy) is 2. The summed E-state index contributed by atoms with van der Waals surface area (Å²) in [5, 5.41) is 2.18. The third-order valence-corrected chi connectivity index (χ3v) is 5.47. The average Bonchev–Trinajstić information content (AvgIpc) is 3.02. The van der Waals surface area contributed by atoms with E-state index in [0.29, 0.717) is 32.0 Å². The van der Waals surface area contributed by atoms with E-state index in [2.05, 4.69) is 5.32 Å². The molecular formula is C23H28N2O7. The largest absolute Gasteiger partial charge is 0.494 e. The second-order valence-corrected chi connectivity index (χ2v) is 7.84. The molecule has 2 heterocycles. The number of carbonyl (C=O) groups is 5. The molecule has 1 N–H and O–H groups in total. The van der Waals surface area contributed by atoms with Crippen molar-refractivity contribution in [3.63, 3.8) is 0 Å². The fourth-order valence-corrected chi connectivity index (χ4v) is 3.75. The van der Waals surface area contributed by atoms with Gasteiger partial charge in [0.15, 0.2) is 0 Å². The molecule has 0 aliphatic carbocycles. The Kier molecular flexibility index (Phi) is 8.49. The standard InChI is InChI=1S/C23H28N2O7/c26-11-3-1-4-12-31-13-5-2-6-14-32-16-7-8-17-18(15-16)23(30)25(22(17)29)19-9-10-20(27)24-21(19)28/h7-8,11,15,19H,1-6,9-10,12-14H2,(H,24,27,28). The van der Waals surface area contributed by atoms with Crippen LogP contribution in [0.1, 0.15) is 72.1 Å². The lowest BCUT2D eigenvalue weighted by Gasteiger charge is -2.27. The lowest BCUT2D eigenvalue weighted by atomic mass is 10.0. The van der Waals surface area contributed by atoms with Crippen LogP contribution in [0.5, 0.6) is 5.75 Å². The van der Waals surface area contributed by atoms with Gasteiger partial charge in [0.2, 0.25) is 11.8 Å². The van der Waals surface area contributed by atoms with E-state index in [-0.39, 0.29) is 24.0 Å². The van der Waals surface area contributed by atoms with Crippen molar-refractivity contribution in [1.29, 1.82) is 0 Å². The molecule has 32 heavy (non-hydrogen) atoms. The summed E-state index contributed by atoms with van der Waals surface area (Å²) in [5.41, 5.74) is 0.442. The lowest BCUT2D eigenvalue weighted by molar-refractivity contribution is -0.136. The number of carbonyl (C=O) groups excluding carboxylic acids is 5. The maximum Gasteiger partial charge on any atom is 0.262 e. The Hall–Kier alpha value is -3.07. The smallest absolute Gasteiger partial charge is 0.262 e. The summed E-state index contributed by atoms with van der Waals surface area (Å²) in [4.78, 5) is 60.1. The van der Waals surface area contributed by atoms with Gasteiger partial charge in [0.1, 0.15) is 18.1 Å². The molecule has 1 atom stereocenters. The second-order valence-electron chi connectivity index (χ2n) is 7.84. The Morgan fingerprint density at radius 1 is 0.938 bits per heavy atom. The zero-order valence-electron chi connectivity index (χ0n) is 18.0. The van der Waals surface area contributed by atoms with Crippen LogP contribution < -0.4 is 10.1 Å². The molecule has 1 aromatic carbocycles. The molecule has 1 fully saturated rings. The van der Waals surface area contributed by atoms with Gasteiger partial charge in [-0.2, -0.15) is 0 Å². The van der Waals surface area contributed by atoms with Crippen molar-refractivity contribution in [3.8, 4) is 5.75 Å². The number of fused-ring (bicyclic) bond motifs is 1. The molecule has 9 heteroatoms. The molecule has 3 rings (SSSR count). The highest BCUT2D eigenvalue weighted by atomic mass is 16.5. The molecule has 2 aliphatic rings. The summed E-state index contributed by atoms with van der Waals surface area (Å²) in [5.74, 6) is -1.62. The monoisotopic (exact) mass is 444 g/mol. The van der Waals surface area contributed by atoms with Crippen LogP contribution in [0.4, 0.5) is 0 Å². The first-order valence-corrected chi connectivity index (χ1v) is 11.0. The van der Waals surface area contributed by atoms with Gasteiger partial charge in [-0.15, -0.1) is 0 Å². The molecule has 172 valence electrons. The number of piperidine rings is 1. The van der Waals surface area contributed by atoms with Crippen LogP contribution in [0.25, 0.3) is 0 Å². The Balaban J connectivity index is 1.42. The number of hydrogen-bond acceptors (Lipinski definition) is 7.